The normalized spacial score (nSPS) is 10.2. The van der Waals surface area contributed by atoms with Crippen LogP contribution in [0.5, 0.6) is 5.75 Å². The number of nitrogen functional groups attached to an aromatic ring is 1. The molecule has 0 fully saturated rings. The van der Waals surface area contributed by atoms with E-state index in [-0.39, 0.29) is 16.0 Å². The number of carbonyl (C=O) groups excluding carboxylic acids is 1. The van der Waals surface area contributed by atoms with Crippen molar-refractivity contribution >= 4 is 40.5 Å². The van der Waals surface area contributed by atoms with Crippen molar-refractivity contribution in [3.63, 3.8) is 0 Å². The third-order valence-corrected chi connectivity index (χ3v) is 3.07. The highest BCUT2D eigenvalue weighted by Gasteiger charge is 2.14. The first-order valence-electron chi connectivity index (χ1n) is 6.02. The smallest absolute Gasteiger partial charge is 0.256 e. The van der Waals surface area contributed by atoms with E-state index < -0.39 is 5.91 Å². The highest BCUT2D eigenvalue weighted by Crippen LogP contribution is 2.27. The second-order valence-corrected chi connectivity index (χ2v) is 4.72. The van der Waals surface area contributed by atoms with Crippen LogP contribution in [0.4, 0.5) is 11.4 Å². The molecule has 0 aliphatic heterocycles. The molecule has 0 unspecified atom stereocenters. The molecule has 8 heteroatoms. The van der Waals surface area contributed by atoms with Gasteiger partial charge in [-0.25, -0.2) is 9.97 Å². The number of benzene rings is 1. The van der Waals surface area contributed by atoms with Gasteiger partial charge < -0.3 is 15.8 Å². The molecule has 21 heavy (non-hydrogen) atoms. The molecule has 0 spiro atoms. The van der Waals surface area contributed by atoms with Crippen LogP contribution < -0.4 is 15.8 Å². The topological polar surface area (TPSA) is 90.1 Å². The first-order chi connectivity index (χ1) is 10.0. The van der Waals surface area contributed by atoms with Crippen molar-refractivity contribution in [3.8, 4) is 5.75 Å². The summed E-state index contributed by atoms with van der Waals surface area (Å²) >= 11 is 11.7. The average Bonchev–Trinajstić information content (AvgIpc) is 2.42. The van der Waals surface area contributed by atoms with Gasteiger partial charge in [-0.15, -0.1) is 0 Å². The summed E-state index contributed by atoms with van der Waals surface area (Å²) in [5.74, 6) is 0.0611. The quantitative estimate of drug-likeness (QED) is 0.665. The highest BCUT2D eigenvalue weighted by atomic mass is 35.5. The standard InChI is InChI=1S/C13H12Cl2N4O2/c1-2-21-9-4-7(3-8(16)5-9)13(20)19-10-11(14)17-6-18-12(10)15/h3-6H,2,16H2,1H3,(H,19,20). The van der Waals surface area contributed by atoms with Gasteiger partial charge in [0.15, 0.2) is 10.3 Å². The fraction of sp³-hybridized carbons (Fsp3) is 0.154. The molecule has 110 valence electrons. The number of amides is 1. The van der Waals surface area contributed by atoms with Gasteiger partial charge in [0.2, 0.25) is 0 Å². The summed E-state index contributed by atoms with van der Waals surface area (Å²) in [6.07, 6.45) is 1.20. The molecule has 0 aliphatic carbocycles. The Kier molecular flexibility index (Phi) is 4.82. The Balaban J connectivity index is 2.28. The average molecular weight is 327 g/mol. The Morgan fingerprint density at radius 1 is 1.29 bits per heavy atom. The number of anilines is 2. The summed E-state index contributed by atoms with van der Waals surface area (Å²) in [6.45, 7) is 2.30. The molecule has 1 aromatic heterocycles. The van der Waals surface area contributed by atoms with Crippen LogP contribution in [-0.4, -0.2) is 22.5 Å². The molecule has 2 rings (SSSR count). The predicted molar refractivity (Wildman–Crippen MR) is 82.0 cm³/mol. The van der Waals surface area contributed by atoms with Gasteiger partial charge in [0.1, 0.15) is 17.8 Å². The maximum Gasteiger partial charge on any atom is 0.256 e. The lowest BCUT2D eigenvalue weighted by atomic mass is 10.1. The minimum Gasteiger partial charge on any atom is -0.494 e. The number of nitrogens with two attached hydrogens (primary N) is 1. The molecule has 6 nitrogen and oxygen atoms in total. The van der Waals surface area contributed by atoms with Crippen molar-refractivity contribution in [2.75, 3.05) is 17.7 Å². The van der Waals surface area contributed by atoms with E-state index in [1.807, 2.05) is 6.92 Å². The number of rotatable bonds is 4. The first-order valence-corrected chi connectivity index (χ1v) is 6.77. The molecule has 0 saturated carbocycles. The number of hydrogen-bond acceptors (Lipinski definition) is 5. The SMILES string of the molecule is CCOc1cc(N)cc(C(=O)Nc2c(Cl)ncnc2Cl)c1. The summed E-state index contributed by atoms with van der Waals surface area (Å²) in [7, 11) is 0. The van der Waals surface area contributed by atoms with Gasteiger partial charge in [-0.2, -0.15) is 0 Å². The van der Waals surface area contributed by atoms with Crippen molar-refractivity contribution in [2.24, 2.45) is 0 Å². The van der Waals surface area contributed by atoms with Gasteiger partial charge in [0, 0.05) is 17.3 Å². The summed E-state index contributed by atoms with van der Waals surface area (Å²) in [5, 5.41) is 2.66. The van der Waals surface area contributed by atoms with Crippen LogP contribution >= 0.6 is 23.2 Å². The third kappa shape index (κ3) is 3.74. The molecule has 3 N–H and O–H groups in total. The Labute approximate surface area is 131 Å². The fourth-order valence-electron chi connectivity index (χ4n) is 1.64. The van der Waals surface area contributed by atoms with Gasteiger partial charge >= 0.3 is 0 Å². The fourth-order valence-corrected chi connectivity index (χ4v) is 2.05. The van der Waals surface area contributed by atoms with Gasteiger partial charge in [-0.3, -0.25) is 4.79 Å². The molecule has 0 aliphatic rings. The lowest BCUT2D eigenvalue weighted by molar-refractivity contribution is 0.102. The van der Waals surface area contributed by atoms with Crippen LogP contribution in [0.1, 0.15) is 17.3 Å². The molecule has 0 saturated heterocycles. The van der Waals surface area contributed by atoms with Crippen LogP contribution in [0.25, 0.3) is 0 Å². The molecular formula is C13H12Cl2N4O2. The Bertz CT molecular complexity index is 659. The molecule has 0 bridgehead atoms. The van der Waals surface area contributed by atoms with Gasteiger partial charge in [0.25, 0.3) is 5.91 Å². The Morgan fingerprint density at radius 2 is 1.95 bits per heavy atom. The molecular weight excluding hydrogens is 315 g/mol. The second-order valence-electron chi connectivity index (χ2n) is 4.01. The molecule has 0 radical (unpaired) electrons. The summed E-state index contributed by atoms with van der Waals surface area (Å²) in [4.78, 5) is 19.7. The van der Waals surface area contributed by atoms with E-state index in [0.29, 0.717) is 23.6 Å². The van der Waals surface area contributed by atoms with E-state index >= 15 is 0 Å². The van der Waals surface area contributed by atoms with Gasteiger partial charge in [-0.1, -0.05) is 23.2 Å². The summed E-state index contributed by atoms with van der Waals surface area (Å²) in [6, 6.07) is 4.72. The van der Waals surface area contributed by atoms with Gasteiger partial charge in [-0.05, 0) is 19.1 Å². The maximum absolute atomic E-state index is 12.2. The summed E-state index contributed by atoms with van der Waals surface area (Å²) in [5.41, 5.74) is 6.61. The monoisotopic (exact) mass is 326 g/mol. The van der Waals surface area contributed by atoms with Crippen LogP contribution in [0.2, 0.25) is 10.3 Å². The summed E-state index contributed by atoms with van der Waals surface area (Å²) < 4.78 is 5.34. The van der Waals surface area contributed by atoms with Crippen LogP contribution in [-0.2, 0) is 0 Å². The molecule has 1 heterocycles. The second kappa shape index (κ2) is 6.60. The van der Waals surface area contributed by atoms with Gasteiger partial charge in [0.05, 0.1) is 6.61 Å². The Hall–Kier alpha value is -2.05. The number of aromatic nitrogens is 2. The van der Waals surface area contributed by atoms with E-state index in [9.17, 15) is 4.79 Å². The number of hydrogen-bond donors (Lipinski definition) is 2. The maximum atomic E-state index is 12.2. The zero-order chi connectivity index (χ0) is 15.4. The van der Waals surface area contributed by atoms with Crippen molar-refractivity contribution < 1.29 is 9.53 Å². The minimum atomic E-state index is -0.443. The van der Waals surface area contributed by atoms with E-state index in [1.54, 1.807) is 12.1 Å². The largest absolute Gasteiger partial charge is 0.494 e. The van der Waals surface area contributed by atoms with Crippen molar-refractivity contribution in [3.05, 3.63) is 40.4 Å². The molecule has 1 amide bonds. The highest BCUT2D eigenvalue weighted by molar-refractivity contribution is 6.38. The van der Waals surface area contributed by atoms with E-state index in [1.165, 1.54) is 12.4 Å². The lowest BCUT2D eigenvalue weighted by Gasteiger charge is -2.10. The number of nitrogens with one attached hydrogen (secondary N) is 1. The van der Waals surface area contributed by atoms with E-state index in [4.69, 9.17) is 33.7 Å². The van der Waals surface area contributed by atoms with Crippen LogP contribution in [0.15, 0.2) is 24.5 Å². The van der Waals surface area contributed by atoms with Crippen molar-refractivity contribution in [1.29, 1.82) is 0 Å². The molecule has 2 aromatic rings. The zero-order valence-corrected chi connectivity index (χ0v) is 12.6. The van der Waals surface area contributed by atoms with Crippen LogP contribution in [0, 0.1) is 0 Å². The zero-order valence-electron chi connectivity index (χ0n) is 11.1. The third-order valence-electron chi connectivity index (χ3n) is 2.50. The number of ether oxygens (including phenoxy) is 1. The van der Waals surface area contributed by atoms with Crippen molar-refractivity contribution in [1.82, 2.24) is 9.97 Å². The van der Waals surface area contributed by atoms with E-state index in [2.05, 4.69) is 15.3 Å². The van der Waals surface area contributed by atoms with Crippen LogP contribution in [0.3, 0.4) is 0 Å². The Morgan fingerprint density at radius 3 is 2.57 bits per heavy atom. The molecule has 0 atom stereocenters. The lowest BCUT2D eigenvalue weighted by Crippen LogP contribution is -2.14. The van der Waals surface area contributed by atoms with Crippen molar-refractivity contribution in [2.45, 2.75) is 6.92 Å². The van der Waals surface area contributed by atoms with E-state index in [0.717, 1.165) is 0 Å². The first kappa shape index (κ1) is 15.3. The number of carbonyl (C=O) groups is 1. The minimum absolute atomic E-state index is 0.0530. The number of halogens is 2. The number of nitrogens with zero attached hydrogens (tertiary/aromatic N) is 2. The molecule has 1 aromatic carbocycles. The predicted octanol–water partition coefficient (Wildman–Crippen LogP) is 3.02.